The first-order chi connectivity index (χ1) is 11.2. The molecule has 0 bridgehead atoms. The highest BCUT2D eigenvalue weighted by Gasteiger charge is 2.18. The number of hydrogen-bond acceptors (Lipinski definition) is 3. The summed E-state index contributed by atoms with van der Waals surface area (Å²) in [5.74, 6) is 0.585. The molecule has 1 heterocycles. The van der Waals surface area contributed by atoms with E-state index in [4.69, 9.17) is 16.3 Å². The number of nitrogens with one attached hydrogen (secondary N) is 2. The molecule has 1 amide bonds. The summed E-state index contributed by atoms with van der Waals surface area (Å²) >= 11 is 6.21. The van der Waals surface area contributed by atoms with Crippen LogP contribution in [0.15, 0.2) is 36.4 Å². The zero-order chi connectivity index (χ0) is 16.2. The van der Waals surface area contributed by atoms with Gasteiger partial charge in [-0.15, -0.1) is 0 Å². The fraction of sp³-hybridized carbons (Fsp3) is 0.278. The normalized spacial score (nSPS) is 13.0. The molecule has 0 fully saturated rings. The van der Waals surface area contributed by atoms with Crippen molar-refractivity contribution in [2.24, 2.45) is 0 Å². The molecule has 5 heteroatoms. The van der Waals surface area contributed by atoms with Gasteiger partial charge in [0.15, 0.2) is 0 Å². The predicted molar refractivity (Wildman–Crippen MR) is 92.4 cm³/mol. The van der Waals surface area contributed by atoms with E-state index in [1.807, 2.05) is 30.3 Å². The summed E-state index contributed by atoms with van der Waals surface area (Å²) in [7, 11) is 1.59. The predicted octanol–water partition coefficient (Wildman–Crippen LogP) is 3.64. The lowest BCUT2D eigenvalue weighted by molar-refractivity contribution is 0.0949. The molecule has 0 spiro atoms. The fourth-order valence-electron chi connectivity index (χ4n) is 2.89. The molecule has 0 aliphatic carbocycles. The maximum atomic E-state index is 12.6. The number of methoxy groups -OCH3 is 1. The van der Waals surface area contributed by atoms with Gasteiger partial charge in [0.2, 0.25) is 0 Å². The minimum Gasteiger partial charge on any atom is -0.496 e. The van der Waals surface area contributed by atoms with Crippen LogP contribution in [-0.4, -0.2) is 19.6 Å². The Balaban J connectivity index is 1.79. The van der Waals surface area contributed by atoms with E-state index in [2.05, 4.69) is 10.6 Å². The van der Waals surface area contributed by atoms with Crippen molar-refractivity contribution >= 4 is 23.2 Å². The lowest BCUT2D eigenvalue weighted by atomic mass is 9.97. The smallest absolute Gasteiger partial charge is 0.251 e. The maximum Gasteiger partial charge on any atom is 0.251 e. The molecule has 0 atom stereocenters. The molecule has 1 aliphatic rings. The van der Waals surface area contributed by atoms with E-state index in [0.717, 1.165) is 41.8 Å². The van der Waals surface area contributed by atoms with Gasteiger partial charge in [-0.1, -0.05) is 23.7 Å². The van der Waals surface area contributed by atoms with Gasteiger partial charge >= 0.3 is 0 Å². The van der Waals surface area contributed by atoms with E-state index < -0.39 is 0 Å². The molecule has 2 aromatic carbocycles. The lowest BCUT2D eigenvalue weighted by Crippen LogP contribution is -2.26. The lowest BCUT2D eigenvalue weighted by Gasteiger charge is -2.20. The van der Waals surface area contributed by atoms with E-state index in [-0.39, 0.29) is 5.91 Å². The van der Waals surface area contributed by atoms with Gasteiger partial charge in [0, 0.05) is 34.9 Å². The van der Waals surface area contributed by atoms with Crippen LogP contribution in [0.4, 0.5) is 5.69 Å². The number of anilines is 1. The van der Waals surface area contributed by atoms with Crippen LogP contribution in [0.5, 0.6) is 5.75 Å². The Labute approximate surface area is 140 Å². The summed E-state index contributed by atoms with van der Waals surface area (Å²) < 4.78 is 5.31. The molecule has 120 valence electrons. The summed E-state index contributed by atoms with van der Waals surface area (Å²) in [5, 5.41) is 6.87. The average molecular weight is 331 g/mol. The molecule has 0 saturated carbocycles. The van der Waals surface area contributed by atoms with E-state index in [9.17, 15) is 4.79 Å². The highest BCUT2D eigenvalue weighted by molar-refractivity contribution is 6.31. The van der Waals surface area contributed by atoms with Gasteiger partial charge in [0.1, 0.15) is 5.75 Å². The van der Waals surface area contributed by atoms with E-state index >= 15 is 0 Å². The van der Waals surface area contributed by atoms with Crippen molar-refractivity contribution in [3.63, 3.8) is 0 Å². The van der Waals surface area contributed by atoms with Gasteiger partial charge in [-0.3, -0.25) is 4.79 Å². The Bertz CT molecular complexity index is 731. The highest BCUT2D eigenvalue weighted by atomic mass is 35.5. The van der Waals surface area contributed by atoms with E-state index in [1.54, 1.807) is 13.2 Å². The molecule has 23 heavy (non-hydrogen) atoms. The van der Waals surface area contributed by atoms with Crippen LogP contribution in [0.3, 0.4) is 0 Å². The number of carbonyl (C=O) groups excluding carboxylic acids is 1. The van der Waals surface area contributed by atoms with E-state index in [0.29, 0.717) is 17.3 Å². The molecule has 1 aliphatic heterocycles. The first kappa shape index (κ1) is 15.7. The van der Waals surface area contributed by atoms with Gasteiger partial charge in [0.05, 0.1) is 7.11 Å². The molecular weight excluding hydrogens is 312 g/mol. The van der Waals surface area contributed by atoms with Crippen LogP contribution in [0.1, 0.15) is 27.9 Å². The second-order valence-corrected chi connectivity index (χ2v) is 5.87. The molecule has 3 rings (SSSR count). The largest absolute Gasteiger partial charge is 0.496 e. The van der Waals surface area contributed by atoms with Crippen molar-refractivity contribution < 1.29 is 9.53 Å². The molecular formula is C18H19ClN2O2. The van der Waals surface area contributed by atoms with Crippen LogP contribution < -0.4 is 15.4 Å². The number of rotatable bonds is 4. The zero-order valence-corrected chi connectivity index (χ0v) is 13.7. The number of carbonyl (C=O) groups is 1. The molecule has 0 aromatic heterocycles. The Hall–Kier alpha value is -2.20. The second kappa shape index (κ2) is 6.92. The van der Waals surface area contributed by atoms with Crippen molar-refractivity contribution in [3.05, 3.63) is 58.1 Å². The first-order valence-electron chi connectivity index (χ1n) is 7.66. The molecule has 2 aromatic rings. The Kier molecular flexibility index (Phi) is 4.72. The number of fused-ring (bicyclic) bond motifs is 1. The Morgan fingerprint density at radius 1 is 1.30 bits per heavy atom. The summed E-state index contributed by atoms with van der Waals surface area (Å²) in [6.45, 7) is 1.29. The van der Waals surface area contributed by atoms with Crippen LogP contribution in [-0.2, 0) is 13.0 Å². The Morgan fingerprint density at radius 3 is 2.96 bits per heavy atom. The van der Waals surface area contributed by atoms with Gasteiger partial charge in [0.25, 0.3) is 5.91 Å². The van der Waals surface area contributed by atoms with Gasteiger partial charge in [-0.05, 0) is 42.7 Å². The number of hydrogen-bond donors (Lipinski definition) is 2. The highest BCUT2D eigenvalue weighted by Crippen LogP contribution is 2.27. The third-order valence-electron chi connectivity index (χ3n) is 4.06. The second-order valence-electron chi connectivity index (χ2n) is 5.47. The molecule has 2 N–H and O–H groups in total. The average Bonchev–Trinajstić information content (AvgIpc) is 2.59. The molecule has 0 saturated heterocycles. The molecule has 0 radical (unpaired) electrons. The van der Waals surface area contributed by atoms with Crippen molar-refractivity contribution in [1.29, 1.82) is 0 Å². The number of benzene rings is 2. The van der Waals surface area contributed by atoms with Crippen molar-refractivity contribution in [3.8, 4) is 5.75 Å². The van der Waals surface area contributed by atoms with Crippen LogP contribution >= 0.6 is 11.6 Å². The standard InChI is InChI=1S/C18H19ClN2O2/c1-23-17-9-3-7-15(19)14(17)11-21-18(22)13-5-2-8-16-12(13)6-4-10-20-16/h2-3,5,7-9,20H,4,6,10-11H2,1H3,(H,21,22). The van der Waals surface area contributed by atoms with Crippen LogP contribution in [0, 0.1) is 0 Å². The summed E-state index contributed by atoms with van der Waals surface area (Å²) in [6, 6.07) is 11.2. The van der Waals surface area contributed by atoms with E-state index in [1.165, 1.54) is 0 Å². The maximum absolute atomic E-state index is 12.6. The van der Waals surface area contributed by atoms with Crippen molar-refractivity contribution in [2.75, 3.05) is 19.0 Å². The minimum atomic E-state index is -0.0903. The zero-order valence-electron chi connectivity index (χ0n) is 13.0. The van der Waals surface area contributed by atoms with Crippen LogP contribution in [0.25, 0.3) is 0 Å². The first-order valence-corrected chi connectivity index (χ1v) is 8.04. The van der Waals surface area contributed by atoms with Gasteiger partial charge in [-0.2, -0.15) is 0 Å². The summed E-state index contributed by atoms with van der Waals surface area (Å²) in [6.07, 6.45) is 1.96. The van der Waals surface area contributed by atoms with Gasteiger partial charge < -0.3 is 15.4 Å². The monoisotopic (exact) mass is 330 g/mol. The summed E-state index contributed by atoms with van der Waals surface area (Å²) in [4.78, 5) is 12.6. The number of ether oxygens (including phenoxy) is 1. The quantitative estimate of drug-likeness (QED) is 0.900. The molecule has 4 nitrogen and oxygen atoms in total. The van der Waals surface area contributed by atoms with Gasteiger partial charge in [-0.25, -0.2) is 0 Å². The number of amides is 1. The molecule has 0 unspecified atom stereocenters. The minimum absolute atomic E-state index is 0.0903. The number of halogens is 1. The third kappa shape index (κ3) is 3.27. The topological polar surface area (TPSA) is 50.4 Å². The third-order valence-corrected chi connectivity index (χ3v) is 4.42. The van der Waals surface area contributed by atoms with Crippen LogP contribution in [0.2, 0.25) is 5.02 Å². The Morgan fingerprint density at radius 2 is 2.13 bits per heavy atom. The van der Waals surface area contributed by atoms with Crippen molar-refractivity contribution in [1.82, 2.24) is 5.32 Å². The summed E-state index contributed by atoms with van der Waals surface area (Å²) in [5.41, 5.74) is 3.65. The fourth-order valence-corrected chi connectivity index (χ4v) is 3.12. The van der Waals surface area contributed by atoms with Crippen molar-refractivity contribution in [2.45, 2.75) is 19.4 Å². The SMILES string of the molecule is COc1cccc(Cl)c1CNC(=O)c1cccc2c1CCCN2.